The van der Waals surface area contributed by atoms with Crippen molar-refractivity contribution in [2.75, 3.05) is 17.2 Å². The molecular formula is C17H14N4O4S. The van der Waals surface area contributed by atoms with Gasteiger partial charge >= 0.3 is 0 Å². The van der Waals surface area contributed by atoms with Gasteiger partial charge in [-0.05, 0) is 29.6 Å². The largest absolute Gasteiger partial charge is 0.482 e. The van der Waals surface area contributed by atoms with Crippen LogP contribution in [0.25, 0.3) is 10.7 Å². The number of benzene rings is 1. The number of thiophene rings is 1. The van der Waals surface area contributed by atoms with Gasteiger partial charge in [-0.1, -0.05) is 11.2 Å². The summed E-state index contributed by atoms with van der Waals surface area (Å²) in [7, 11) is 0. The van der Waals surface area contributed by atoms with Crippen LogP contribution in [0.1, 0.15) is 12.3 Å². The standard InChI is InChI=1S/C17H14N4O4S/c22-14(5-6-16-20-17(21-25-16)13-2-1-7-26-13)18-10-3-4-12-11(8-10)19-15(23)9-24-12/h1-4,7-8H,5-6,9H2,(H,18,22)(H,19,23). The second-order valence-corrected chi connectivity index (χ2v) is 6.53. The number of hydrogen-bond donors (Lipinski definition) is 2. The summed E-state index contributed by atoms with van der Waals surface area (Å²) in [6, 6.07) is 8.90. The first-order valence-corrected chi connectivity index (χ1v) is 8.78. The zero-order chi connectivity index (χ0) is 17.9. The number of carbonyl (C=O) groups is 2. The molecule has 0 unspecified atom stereocenters. The molecule has 9 heteroatoms. The molecule has 3 aromatic rings. The van der Waals surface area contributed by atoms with Crippen molar-refractivity contribution >= 4 is 34.5 Å². The zero-order valence-corrected chi connectivity index (χ0v) is 14.3. The van der Waals surface area contributed by atoms with E-state index in [0.29, 0.717) is 35.3 Å². The number of nitrogens with one attached hydrogen (secondary N) is 2. The minimum atomic E-state index is -0.223. The van der Waals surface area contributed by atoms with E-state index in [2.05, 4.69) is 20.8 Å². The minimum absolute atomic E-state index is 0.00362. The summed E-state index contributed by atoms with van der Waals surface area (Å²) in [5.41, 5.74) is 1.11. The topological polar surface area (TPSA) is 106 Å². The van der Waals surface area contributed by atoms with E-state index in [4.69, 9.17) is 9.26 Å². The third kappa shape index (κ3) is 3.57. The maximum Gasteiger partial charge on any atom is 0.262 e. The Kier molecular flexibility index (Phi) is 4.36. The lowest BCUT2D eigenvalue weighted by atomic mass is 10.2. The van der Waals surface area contributed by atoms with Crippen molar-refractivity contribution in [1.29, 1.82) is 0 Å². The first kappa shape index (κ1) is 16.3. The van der Waals surface area contributed by atoms with Gasteiger partial charge in [0.25, 0.3) is 5.91 Å². The van der Waals surface area contributed by atoms with Crippen LogP contribution in [0.4, 0.5) is 11.4 Å². The molecule has 0 bridgehead atoms. The number of rotatable bonds is 5. The van der Waals surface area contributed by atoms with Gasteiger partial charge in [0.05, 0.1) is 10.6 Å². The number of carbonyl (C=O) groups excluding carboxylic acids is 2. The Morgan fingerprint density at radius 3 is 3.12 bits per heavy atom. The fourth-order valence-corrected chi connectivity index (χ4v) is 3.12. The number of ether oxygens (including phenoxy) is 1. The fraction of sp³-hybridized carbons (Fsp3) is 0.176. The Bertz CT molecular complexity index is 952. The van der Waals surface area contributed by atoms with Gasteiger partial charge in [-0.25, -0.2) is 0 Å². The van der Waals surface area contributed by atoms with Crippen LogP contribution in [0.15, 0.2) is 40.2 Å². The fourth-order valence-electron chi connectivity index (χ4n) is 2.47. The van der Waals surface area contributed by atoms with Crippen molar-refractivity contribution < 1.29 is 18.8 Å². The molecule has 8 nitrogen and oxygen atoms in total. The maximum atomic E-state index is 12.1. The molecule has 0 radical (unpaired) electrons. The summed E-state index contributed by atoms with van der Waals surface area (Å²) in [5, 5.41) is 11.3. The molecule has 0 saturated heterocycles. The number of nitrogens with zero attached hydrogens (tertiary/aromatic N) is 2. The highest BCUT2D eigenvalue weighted by Gasteiger charge is 2.17. The highest BCUT2D eigenvalue weighted by molar-refractivity contribution is 7.13. The Balaban J connectivity index is 1.34. The lowest BCUT2D eigenvalue weighted by molar-refractivity contribution is -0.118. The molecule has 132 valence electrons. The second-order valence-electron chi connectivity index (χ2n) is 5.58. The monoisotopic (exact) mass is 370 g/mol. The van der Waals surface area contributed by atoms with Crippen molar-refractivity contribution in [3.63, 3.8) is 0 Å². The number of hydrogen-bond acceptors (Lipinski definition) is 7. The number of amides is 2. The lowest BCUT2D eigenvalue weighted by Gasteiger charge is -2.18. The molecule has 1 aliphatic heterocycles. The molecular weight excluding hydrogens is 356 g/mol. The highest BCUT2D eigenvalue weighted by atomic mass is 32.1. The predicted molar refractivity (Wildman–Crippen MR) is 95.1 cm³/mol. The van der Waals surface area contributed by atoms with E-state index in [-0.39, 0.29) is 24.8 Å². The molecule has 26 heavy (non-hydrogen) atoms. The van der Waals surface area contributed by atoms with Crippen molar-refractivity contribution in [2.24, 2.45) is 0 Å². The third-order valence-corrected chi connectivity index (χ3v) is 4.54. The van der Waals surface area contributed by atoms with E-state index in [0.717, 1.165) is 4.88 Å². The summed E-state index contributed by atoms with van der Waals surface area (Å²) >= 11 is 1.52. The molecule has 0 spiro atoms. The highest BCUT2D eigenvalue weighted by Crippen LogP contribution is 2.30. The van der Waals surface area contributed by atoms with Gasteiger partial charge in [0, 0.05) is 18.5 Å². The molecule has 2 aromatic heterocycles. The Labute approximate surface area is 152 Å². The summed E-state index contributed by atoms with van der Waals surface area (Å²) in [6.07, 6.45) is 0.543. The molecule has 0 fully saturated rings. The Hall–Kier alpha value is -3.20. The van der Waals surface area contributed by atoms with E-state index in [1.54, 1.807) is 18.2 Å². The van der Waals surface area contributed by atoms with Gasteiger partial charge in [-0.2, -0.15) is 4.98 Å². The molecule has 4 rings (SSSR count). The zero-order valence-electron chi connectivity index (χ0n) is 13.5. The molecule has 0 atom stereocenters. The summed E-state index contributed by atoms with van der Waals surface area (Å²) in [4.78, 5) is 28.7. The molecule has 3 heterocycles. The average Bonchev–Trinajstić information content (AvgIpc) is 3.31. The van der Waals surface area contributed by atoms with E-state index in [1.165, 1.54) is 11.3 Å². The number of aryl methyl sites for hydroxylation is 1. The lowest BCUT2D eigenvalue weighted by Crippen LogP contribution is -2.25. The normalized spacial score (nSPS) is 12.8. The van der Waals surface area contributed by atoms with E-state index in [9.17, 15) is 9.59 Å². The van der Waals surface area contributed by atoms with Gasteiger partial charge < -0.3 is 19.9 Å². The predicted octanol–water partition coefficient (Wildman–Crippen LogP) is 2.70. The summed E-state index contributed by atoms with van der Waals surface area (Å²) in [6.45, 7) is -0.00362. The van der Waals surface area contributed by atoms with Crippen LogP contribution in [-0.2, 0) is 16.0 Å². The summed E-state index contributed by atoms with van der Waals surface area (Å²) < 4.78 is 10.5. The van der Waals surface area contributed by atoms with Crippen LogP contribution in [0.2, 0.25) is 0 Å². The smallest absolute Gasteiger partial charge is 0.262 e. The molecule has 2 amide bonds. The van der Waals surface area contributed by atoms with Gasteiger partial charge in [-0.15, -0.1) is 11.3 Å². The third-order valence-electron chi connectivity index (χ3n) is 3.67. The first-order chi connectivity index (χ1) is 12.7. The summed E-state index contributed by atoms with van der Waals surface area (Å²) in [5.74, 6) is 1.10. The number of fused-ring (bicyclic) bond motifs is 1. The van der Waals surface area contributed by atoms with Gasteiger partial charge in [0.1, 0.15) is 5.75 Å². The van der Waals surface area contributed by atoms with Crippen LogP contribution in [0.5, 0.6) is 5.75 Å². The molecule has 1 aliphatic rings. The Morgan fingerprint density at radius 2 is 2.27 bits per heavy atom. The quantitative estimate of drug-likeness (QED) is 0.715. The first-order valence-electron chi connectivity index (χ1n) is 7.90. The van der Waals surface area contributed by atoms with E-state index < -0.39 is 0 Å². The molecule has 1 aromatic carbocycles. The van der Waals surface area contributed by atoms with Crippen molar-refractivity contribution in [3.8, 4) is 16.5 Å². The van der Waals surface area contributed by atoms with E-state index in [1.807, 2.05) is 17.5 Å². The maximum absolute atomic E-state index is 12.1. The van der Waals surface area contributed by atoms with Crippen molar-refractivity contribution in [1.82, 2.24) is 10.1 Å². The van der Waals surface area contributed by atoms with Crippen LogP contribution < -0.4 is 15.4 Å². The second kappa shape index (κ2) is 6.96. The molecule has 0 aliphatic carbocycles. The van der Waals surface area contributed by atoms with E-state index >= 15 is 0 Å². The molecule has 2 N–H and O–H groups in total. The van der Waals surface area contributed by atoms with Crippen molar-refractivity contribution in [3.05, 3.63) is 41.6 Å². The van der Waals surface area contributed by atoms with Crippen LogP contribution >= 0.6 is 11.3 Å². The van der Waals surface area contributed by atoms with Gasteiger partial charge in [0.15, 0.2) is 6.61 Å². The van der Waals surface area contributed by atoms with Crippen LogP contribution in [-0.4, -0.2) is 28.6 Å². The Morgan fingerprint density at radius 1 is 1.35 bits per heavy atom. The number of anilines is 2. The molecule has 0 saturated carbocycles. The van der Waals surface area contributed by atoms with Gasteiger partial charge in [-0.3, -0.25) is 9.59 Å². The van der Waals surface area contributed by atoms with Gasteiger partial charge in [0.2, 0.25) is 17.6 Å². The minimum Gasteiger partial charge on any atom is -0.482 e. The van der Waals surface area contributed by atoms with Crippen LogP contribution in [0.3, 0.4) is 0 Å². The number of aromatic nitrogens is 2. The van der Waals surface area contributed by atoms with Crippen LogP contribution in [0, 0.1) is 0 Å². The average molecular weight is 370 g/mol. The SMILES string of the molecule is O=C(CCc1nc(-c2cccs2)no1)Nc1ccc2c(c1)NC(=O)CO2. The van der Waals surface area contributed by atoms with Crippen molar-refractivity contribution in [2.45, 2.75) is 12.8 Å².